The van der Waals surface area contributed by atoms with E-state index in [1.807, 2.05) is 0 Å². The highest BCUT2D eigenvalue weighted by molar-refractivity contribution is 5.76. The molecule has 0 unspecified atom stereocenters. The van der Waals surface area contributed by atoms with Crippen LogP contribution in [-0.2, 0) is 14.4 Å². The molecule has 1 amide bonds. The fraction of sp³-hybridized carbons (Fsp3) is 0.364. The van der Waals surface area contributed by atoms with E-state index in [1.165, 1.54) is 7.11 Å². The van der Waals surface area contributed by atoms with Crippen LogP contribution in [0.1, 0.15) is 0 Å². The number of nitrogens with one attached hydrogen (secondary N) is 1. The lowest BCUT2D eigenvalue weighted by Gasteiger charge is -2.08. The van der Waals surface area contributed by atoms with Gasteiger partial charge in [0.05, 0.1) is 13.2 Å². The van der Waals surface area contributed by atoms with Crippen molar-refractivity contribution in [3.63, 3.8) is 0 Å². The molecule has 18 heavy (non-hydrogen) atoms. The molecule has 0 aliphatic heterocycles. The van der Waals surface area contributed by atoms with Gasteiger partial charge in [-0.2, -0.15) is 0 Å². The summed E-state index contributed by atoms with van der Waals surface area (Å²) < 4.78 is 35.2. The number of carbonyl (C=O) groups excluding carboxylic acids is 1. The molecule has 7 heteroatoms. The van der Waals surface area contributed by atoms with Gasteiger partial charge in [-0.25, -0.2) is 14.3 Å². The zero-order valence-corrected chi connectivity index (χ0v) is 9.74. The second-order valence-electron chi connectivity index (χ2n) is 3.23. The minimum Gasteiger partial charge on any atom is -0.481 e. The highest BCUT2D eigenvalue weighted by Crippen LogP contribution is 2.17. The summed E-state index contributed by atoms with van der Waals surface area (Å²) in [6.07, 6.45) is 0. The fourth-order valence-electron chi connectivity index (χ4n) is 1.02. The van der Waals surface area contributed by atoms with E-state index < -0.39 is 24.1 Å². The Hall–Kier alpha value is -1.73. The summed E-state index contributed by atoms with van der Waals surface area (Å²) in [5.74, 6) is -2.38. The van der Waals surface area contributed by atoms with E-state index in [-0.39, 0.29) is 12.4 Å². The second-order valence-corrected chi connectivity index (χ2v) is 3.23. The molecule has 0 fully saturated rings. The first-order chi connectivity index (χ1) is 8.63. The number of ether oxygens (including phenoxy) is 2. The largest absolute Gasteiger partial charge is 0.481 e. The van der Waals surface area contributed by atoms with Crippen LogP contribution in [0.2, 0.25) is 0 Å². The first-order valence-corrected chi connectivity index (χ1v) is 5.11. The number of benzene rings is 1. The van der Waals surface area contributed by atoms with Gasteiger partial charge in [-0.3, -0.25) is 9.63 Å². The van der Waals surface area contributed by atoms with E-state index in [9.17, 15) is 13.6 Å². The topological polar surface area (TPSA) is 56.8 Å². The zero-order chi connectivity index (χ0) is 13.4. The Balaban J connectivity index is 2.29. The molecule has 100 valence electrons. The van der Waals surface area contributed by atoms with Gasteiger partial charge in [-0.15, -0.1) is 0 Å². The van der Waals surface area contributed by atoms with Crippen LogP contribution in [0.15, 0.2) is 18.2 Å². The van der Waals surface area contributed by atoms with Gasteiger partial charge in [0.15, 0.2) is 18.2 Å². The number of hydrogen-bond donors (Lipinski definition) is 1. The van der Waals surface area contributed by atoms with E-state index in [4.69, 9.17) is 9.57 Å². The van der Waals surface area contributed by atoms with Crippen molar-refractivity contribution in [2.75, 3.05) is 26.9 Å². The van der Waals surface area contributed by atoms with Gasteiger partial charge in [0, 0.05) is 13.2 Å². The third kappa shape index (κ3) is 5.07. The molecule has 0 spiro atoms. The van der Waals surface area contributed by atoms with Crippen molar-refractivity contribution in [2.45, 2.75) is 0 Å². The quantitative estimate of drug-likeness (QED) is 0.588. The second kappa shape index (κ2) is 7.57. The lowest BCUT2D eigenvalue weighted by molar-refractivity contribution is -0.136. The van der Waals surface area contributed by atoms with Gasteiger partial charge < -0.3 is 9.47 Å². The van der Waals surface area contributed by atoms with Crippen molar-refractivity contribution >= 4 is 5.91 Å². The number of halogens is 2. The van der Waals surface area contributed by atoms with Crippen molar-refractivity contribution in [3.05, 3.63) is 29.8 Å². The molecule has 1 aromatic carbocycles. The molecule has 5 nitrogen and oxygen atoms in total. The molecular weight excluding hydrogens is 248 g/mol. The minimum absolute atomic E-state index is 0.188. The minimum atomic E-state index is -0.872. The maximum atomic E-state index is 13.1. The number of amides is 1. The third-order valence-corrected chi connectivity index (χ3v) is 1.83. The number of carbonyl (C=O) groups is 1. The van der Waals surface area contributed by atoms with E-state index >= 15 is 0 Å². The third-order valence-electron chi connectivity index (χ3n) is 1.83. The van der Waals surface area contributed by atoms with Crippen LogP contribution in [0.3, 0.4) is 0 Å². The monoisotopic (exact) mass is 261 g/mol. The molecule has 0 saturated heterocycles. The van der Waals surface area contributed by atoms with E-state index in [0.29, 0.717) is 12.7 Å². The predicted octanol–water partition coefficient (Wildman–Crippen LogP) is 1.04. The number of methoxy groups -OCH3 is 1. The summed E-state index contributed by atoms with van der Waals surface area (Å²) in [5.41, 5.74) is 2.08. The van der Waals surface area contributed by atoms with E-state index in [2.05, 4.69) is 10.2 Å². The van der Waals surface area contributed by atoms with Gasteiger partial charge in [-0.05, 0) is 12.1 Å². The Morgan fingerprint density at radius 3 is 2.78 bits per heavy atom. The van der Waals surface area contributed by atoms with Crippen molar-refractivity contribution in [1.29, 1.82) is 0 Å². The van der Waals surface area contributed by atoms with E-state index in [1.54, 1.807) is 0 Å². The van der Waals surface area contributed by atoms with Crippen LogP contribution in [-0.4, -0.2) is 32.8 Å². The first kappa shape index (κ1) is 14.3. The highest BCUT2D eigenvalue weighted by Gasteiger charge is 2.07. The molecule has 0 radical (unpaired) electrons. The molecule has 0 aliphatic carbocycles. The lowest BCUT2D eigenvalue weighted by atomic mass is 10.3. The first-order valence-electron chi connectivity index (χ1n) is 5.11. The molecule has 0 saturated carbocycles. The van der Waals surface area contributed by atoms with Gasteiger partial charge in [0.2, 0.25) is 0 Å². The summed E-state index contributed by atoms with van der Waals surface area (Å²) >= 11 is 0. The zero-order valence-electron chi connectivity index (χ0n) is 9.74. The molecule has 1 aromatic rings. The van der Waals surface area contributed by atoms with Crippen molar-refractivity contribution in [1.82, 2.24) is 5.48 Å². The average Bonchev–Trinajstić information content (AvgIpc) is 2.33. The molecule has 1 rings (SSSR count). The molecular formula is C11H13F2NO4. The summed E-state index contributed by atoms with van der Waals surface area (Å²) in [6, 6.07) is 2.80. The summed E-state index contributed by atoms with van der Waals surface area (Å²) in [4.78, 5) is 15.9. The van der Waals surface area contributed by atoms with Crippen LogP contribution >= 0.6 is 0 Å². The normalized spacial score (nSPS) is 10.2. The molecule has 0 aliphatic rings. The van der Waals surface area contributed by atoms with Gasteiger partial charge >= 0.3 is 0 Å². The highest BCUT2D eigenvalue weighted by atomic mass is 19.1. The average molecular weight is 261 g/mol. The molecule has 0 bridgehead atoms. The summed E-state index contributed by atoms with van der Waals surface area (Å²) in [5, 5.41) is 0. The van der Waals surface area contributed by atoms with Crippen LogP contribution in [0, 0.1) is 11.6 Å². The predicted molar refractivity (Wildman–Crippen MR) is 57.8 cm³/mol. The van der Waals surface area contributed by atoms with Crippen molar-refractivity contribution in [2.24, 2.45) is 0 Å². The van der Waals surface area contributed by atoms with Crippen LogP contribution < -0.4 is 10.2 Å². The molecule has 1 N–H and O–H groups in total. The standard InChI is InChI=1S/C11H13F2NO4/c1-16-4-5-18-14-11(15)7-17-10-3-2-8(12)6-9(10)13/h2-3,6H,4-5,7H2,1H3,(H,14,15). The number of hydrogen-bond acceptors (Lipinski definition) is 4. The van der Waals surface area contributed by atoms with Crippen molar-refractivity contribution in [3.8, 4) is 5.75 Å². The summed E-state index contributed by atoms with van der Waals surface area (Å²) in [6.45, 7) is 0.0798. The van der Waals surface area contributed by atoms with E-state index in [0.717, 1.165) is 12.1 Å². The summed E-state index contributed by atoms with van der Waals surface area (Å²) in [7, 11) is 1.49. The SMILES string of the molecule is COCCONC(=O)COc1ccc(F)cc1F. The Labute approximate surface area is 103 Å². The van der Waals surface area contributed by atoms with Gasteiger partial charge in [-0.1, -0.05) is 0 Å². The Kier molecular flexibility index (Phi) is 6.03. The van der Waals surface area contributed by atoms with Crippen LogP contribution in [0.5, 0.6) is 5.75 Å². The molecule has 0 aromatic heterocycles. The Bertz CT molecular complexity index is 401. The molecule has 0 atom stereocenters. The smallest absolute Gasteiger partial charge is 0.281 e. The van der Waals surface area contributed by atoms with Crippen LogP contribution in [0.4, 0.5) is 8.78 Å². The van der Waals surface area contributed by atoms with Crippen molar-refractivity contribution < 1.29 is 27.9 Å². The number of hydroxylamine groups is 1. The molecule has 0 heterocycles. The maximum absolute atomic E-state index is 13.1. The fourth-order valence-corrected chi connectivity index (χ4v) is 1.02. The van der Waals surface area contributed by atoms with Gasteiger partial charge in [0.25, 0.3) is 5.91 Å². The maximum Gasteiger partial charge on any atom is 0.281 e. The van der Waals surface area contributed by atoms with Crippen LogP contribution in [0.25, 0.3) is 0 Å². The lowest BCUT2D eigenvalue weighted by Crippen LogP contribution is -2.30. The number of rotatable bonds is 7. The van der Waals surface area contributed by atoms with Gasteiger partial charge in [0.1, 0.15) is 5.82 Å². The Morgan fingerprint density at radius 2 is 2.11 bits per heavy atom. The Morgan fingerprint density at radius 1 is 1.33 bits per heavy atom.